The first-order valence-corrected chi connectivity index (χ1v) is 8.25. The van der Waals surface area contributed by atoms with Crippen molar-refractivity contribution in [2.45, 2.75) is 6.54 Å². The highest BCUT2D eigenvalue weighted by molar-refractivity contribution is 5.65. The van der Waals surface area contributed by atoms with E-state index in [1.165, 1.54) is 4.90 Å². The number of piperazine rings is 1. The van der Waals surface area contributed by atoms with E-state index in [9.17, 15) is 4.79 Å². The van der Waals surface area contributed by atoms with E-state index in [1.54, 1.807) is 7.11 Å². The monoisotopic (exact) mass is 342 g/mol. The fourth-order valence-electron chi connectivity index (χ4n) is 2.84. The van der Waals surface area contributed by atoms with E-state index < -0.39 is 6.09 Å². The summed E-state index contributed by atoms with van der Waals surface area (Å²) in [5.41, 5.74) is 1.15. The molecule has 1 N–H and O–H groups in total. The van der Waals surface area contributed by atoms with Crippen molar-refractivity contribution in [3.63, 3.8) is 0 Å². The fourth-order valence-corrected chi connectivity index (χ4v) is 2.84. The van der Waals surface area contributed by atoms with Gasteiger partial charge in [-0.15, -0.1) is 0 Å². The number of carbonyl (C=O) groups is 1. The van der Waals surface area contributed by atoms with Crippen molar-refractivity contribution in [1.29, 1.82) is 0 Å². The molecule has 6 heteroatoms. The Labute approximate surface area is 147 Å². The lowest BCUT2D eigenvalue weighted by Crippen LogP contribution is -2.47. The van der Waals surface area contributed by atoms with Crippen molar-refractivity contribution in [2.75, 3.05) is 33.3 Å². The van der Waals surface area contributed by atoms with Gasteiger partial charge in [-0.3, -0.25) is 4.90 Å². The van der Waals surface area contributed by atoms with Gasteiger partial charge in [-0.2, -0.15) is 0 Å². The van der Waals surface area contributed by atoms with Gasteiger partial charge in [0.05, 0.1) is 7.11 Å². The second-order valence-corrected chi connectivity index (χ2v) is 5.97. The van der Waals surface area contributed by atoms with Crippen LogP contribution < -0.4 is 9.47 Å². The predicted octanol–water partition coefficient (Wildman–Crippen LogP) is 3.28. The average molecular weight is 342 g/mol. The summed E-state index contributed by atoms with van der Waals surface area (Å²) in [7, 11) is 1.63. The molecule has 1 saturated heterocycles. The highest BCUT2D eigenvalue weighted by Crippen LogP contribution is 2.25. The molecule has 1 heterocycles. The molecule has 1 fully saturated rings. The van der Waals surface area contributed by atoms with Gasteiger partial charge in [0, 0.05) is 32.7 Å². The molecule has 0 unspecified atom stereocenters. The molecule has 3 rings (SSSR count). The van der Waals surface area contributed by atoms with Gasteiger partial charge in [0.25, 0.3) is 0 Å². The lowest BCUT2D eigenvalue weighted by atomic mass is 10.2. The Bertz CT molecular complexity index is 710. The van der Waals surface area contributed by atoms with E-state index in [1.807, 2.05) is 42.5 Å². The van der Waals surface area contributed by atoms with Crippen LogP contribution in [0.25, 0.3) is 0 Å². The van der Waals surface area contributed by atoms with E-state index in [-0.39, 0.29) is 0 Å². The number of rotatable bonds is 5. The Morgan fingerprint density at radius 3 is 2.32 bits per heavy atom. The Kier molecular flexibility index (Phi) is 5.40. The Morgan fingerprint density at radius 2 is 1.68 bits per heavy atom. The second kappa shape index (κ2) is 7.90. The normalized spacial score (nSPS) is 15.0. The highest BCUT2D eigenvalue weighted by Gasteiger charge is 2.20. The van der Waals surface area contributed by atoms with Crippen LogP contribution in [-0.4, -0.2) is 54.3 Å². The number of nitrogens with zero attached hydrogens (tertiary/aromatic N) is 2. The molecule has 1 amide bonds. The first kappa shape index (κ1) is 17.1. The maximum absolute atomic E-state index is 11.0. The maximum atomic E-state index is 11.0. The van der Waals surface area contributed by atoms with Gasteiger partial charge >= 0.3 is 6.09 Å². The summed E-state index contributed by atoms with van der Waals surface area (Å²) in [6.07, 6.45) is -0.838. The molecule has 1 aliphatic rings. The minimum absolute atomic E-state index is 0.553. The van der Waals surface area contributed by atoms with Gasteiger partial charge < -0.3 is 19.5 Å². The largest absolute Gasteiger partial charge is 0.497 e. The zero-order valence-electron chi connectivity index (χ0n) is 14.2. The summed E-state index contributed by atoms with van der Waals surface area (Å²) >= 11 is 0. The SMILES string of the molecule is COc1ccc(Oc2cccc(CN3CCN(C(=O)O)CC3)c2)cc1. The fraction of sp³-hybridized carbons (Fsp3) is 0.316. The zero-order valence-corrected chi connectivity index (χ0v) is 14.2. The molecule has 25 heavy (non-hydrogen) atoms. The Morgan fingerprint density at radius 1 is 1.00 bits per heavy atom. The molecule has 0 atom stereocenters. The van der Waals surface area contributed by atoms with Crippen molar-refractivity contribution >= 4 is 6.09 Å². The van der Waals surface area contributed by atoms with Crippen molar-refractivity contribution in [3.8, 4) is 17.2 Å². The molecule has 0 aliphatic carbocycles. The number of benzene rings is 2. The van der Waals surface area contributed by atoms with E-state index in [0.29, 0.717) is 13.1 Å². The number of hydrogen-bond donors (Lipinski definition) is 1. The summed E-state index contributed by atoms with van der Waals surface area (Å²) < 4.78 is 11.0. The van der Waals surface area contributed by atoms with E-state index >= 15 is 0 Å². The first-order chi connectivity index (χ1) is 12.1. The molecule has 0 saturated carbocycles. The standard InChI is InChI=1S/C19H22N2O4/c1-24-16-5-7-17(8-6-16)25-18-4-2-3-15(13-18)14-20-9-11-21(12-10-20)19(22)23/h2-8,13H,9-12,14H2,1H3,(H,22,23). The average Bonchev–Trinajstić information content (AvgIpc) is 2.63. The smallest absolute Gasteiger partial charge is 0.407 e. The predicted molar refractivity (Wildman–Crippen MR) is 94.4 cm³/mol. The molecule has 132 valence electrons. The Hall–Kier alpha value is -2.73. The van der Waals surface area contributed by atoms with E-state index in [4.69, 9.17) is 14.6 Å². The third-order valence-electron chi connectivity index (χ3n) is 4.24. The minimum Gasteiger partial charge on any atom is -0.497 e. The number of ether oxygens (including phenoxy) is 2. The number of hydrogen-bond acceptors (Lipinski definition) is 4. The van der Waals surface area contributed by atoms with E-state index in [2.05, 4.69) is 11.0 Å². The quantitative estimate of drug-likeness (QED) is 0.903. The molecule has 0 aromatic heterocycles. The number of amides is 1. The summed E-state index contributed by atoms with van der Waals surface area (Å²) in [4.78, 5) is 14.7. The van der Waals surface area contributed by atoms with Gasteiger partial charge in [0.15, 0.2) is 0 Å². The van der Waals surface area contributed by atoms with Crippen LogP contribution in [0.3, 0.4) is 0 Å². The van der Waals surface area contributed by atoms with Crippen molar-refractivity contribution < 1.29 is 19.4 Å². The van der Waals surface area contributed by atoms with Gasteiger partial charge in [-0.1, -0.05) is 12.1 Å². The minimum atomic E-state index is -0.838. The molecule has 0 radical (unpaired) electrons. The van der Waals surface area contributed by atoms with Crippen LogP contribution >= 0.6 is 0 Å². The van der Waals surface area contributed by atoms with Gasteiger partial charge in [0.2, 0.25) is 0 Å². The van der Waals surface area contributed by atoms with Gasteiger partial charge in [-0.05, 0) is 42.0 Å². The second-order valence-electron chi connectivity index (χ2n) is 5.97. The van der Waals surface area contributed by atoms with Gasteiger partial charge in [0.1, 0.15) is 17.2 Å². The molecule has 0 spiro atoms. The van der Waals surface area contributed by atoms with Crippen LogP contribution in [0.5, 0.6) is 17.2 Å². The van der Waals surface area contributed by atoms with Crippen molar-refractivity contribution in [3.05, 3.63) is 54.1 Å². The molecule has 0 bridgehead atoms. The van der Waals surface area contributed by atoms with Crippen LogP contribution in [0.4, 0.5) is 4.79 Å². The zero-order chi connectivity index (χ0) is 17.6. The highest BCUT2D eigenvalue weighted by atomic mass is 16.5. The Balaban J connectivity index is 1.58. The number of carboxylic acid groups (broad SMARTS) is 1. The topological polar surface area (TPSA) is 62.2 Å². The molecule has 6 nitrogen and oxygen atoms in total. The maximum Gasteiger partial charge on any atom is 0.407 e. The lowest BCUT2D eigenvalue weighted by Gasteiger charge is -2.33. The summed E-state index contributed by atoms with van der Waals surface area (Å²) in [5, 5.41) is 9.01. The molecule has 1 aliphatic heterocycles. The summed E-state index contributed by atoms with van der Waals surface area (Å²) in [6, 6.07) is 15.4. The van der Waals surface area contributed by atoms with Crippen LogP contribution in [0.2, 0.25) is 0 Å². The van der Waals surface area contributed by atoms with Crippen molar-refractivity contribution in [2.24, 2.45) is 0 Å². The molecule has 2 aromatic rings. The lowest BCUT2D eigenvalue weighted by molar-refractivity contribution is 0.103. The van der Waals surface area contributed by atoms with Crippen molar-refractivity contribution in [1.82, 2.24) is 9.80 Å². The molecular weight excluding hydrogens is 320 g/mol. The van der Waals surface area contributed by atoms with Crippen LogP contribution in [-0.2, 0) is 6.54 Å². The summed E-state index contributed by atoms with van der Waals surface area (Å²) in [6.45, 7) is 3.38. The molecule has 2 aromatic carbocycles. The van der Waals surface area contributed by atoms with Crippen LogP contribution in [0.1, 0.15) is 5.56 Å². The van der Waals surface area contributed by atoms with E-state index in [0.717, 1.165) is 42.4 Å². The van der Waals surface area contributed by atoms with Crippen LogP contribution in [0, 0.1) is 0 Å². The van der Waals surface area contributed by atoms with Gasteiger partial charge in [-0.25, -0.2) is 4.79 Å². The molecular formula is C19H22N2O4. The number of methoxy groups -OCH3 is 1. The third kappa shape index (κ3) is 4.64. The first-order valence-electron chi connectivity index (χ1n) is 8.25. The van der Waals surface area contributed by atoms with Crippen LogP contribution in [0.15, 0.2) is 48.5 Å². The third-order valence-corrected chi connectivity index (χ3v) is 4.24. The summed E-state index contributed by atoms with van der Waals surface area (Å²) in [5.74, 6) is 2.33.